The van der Waals surface area contributed by atoms with Crippen molar-refractivity contribution < 1.29 is 53.1 Å². The van der Waals surface area contributed by atoms with Gasteiger partial charge < -0.3 is 34.5 Å². The summed E-state index contributed by atoms with van der Waals surface area (Å²) >= 11 is 0. The Hall–Kier alpha value is -8.51. The molecule has 0 saturated heterocycles. The molecule has 12 nitrogen and oxygen atoms in total. The molecule has 11 rings (SSSR count). The van der Waals surface area contributed by atoms with Crippen LogP contribution in [0.3, 0.4) is 0 Å². The zero-order chi connectivity index (χ0) is 51.0. The Kier molecular flexibility index (Phi) is 13.0. The maximum absolute atomic E-state index is 14.7. The van der Waals surface area contributed by atoms with Crippen LogP contribution in [0.15, 0.2) is 170 Å². The number of ether oxygens (including phenoxy) is 4. The monoisotopic (exact) mass is 987 g/mol. The smallest absolute Gasteiger partial charge is 0.315 e. The van der Waals surface area contributed by atoms with Crippen LogP contribution in [-0.2, 0) is 54.6 Å². The van der Waals surface area contributed by atoms with E-state index in [1.807, 2.05) is 127 Å². The van der Waals surface area contributed by atoms with Crippen molar-refractivity contribution in [2.24, 2.45) is 23.7 Å². The molecule has 3 N–H and O–H groups in total. The molecule has 0 radical (unpaired) electrons. The number of amides is 1. The lowest BCUT2D eigenvalue weighted by atomic mass is 9.52. The van der Waals surface area contributed by atoms with Gasteiger partial charge in [0.25, 0.3) is 0 Å². The van der Waals surface area contributed by atoms with Crippen molar-refractivity contribution >= 4 is 35.5 Å². The number of carbonyl (C=O) groups excluding carboxylic acids is 3. The number of aliphatic carboxylic acids is 2. The zero-order valence-corrected chi connectivity index (χ0v) is 40.5. The number of methoxy groups -OCH3 is 1. The lowest BCUT2D eigenvalue weighted by molar-refractivity contribution is -0.168. The summed E-state index contributed by atoms with van der Waals surface area (Å²) in [5.74, 6) is -8.57. The van der Waals surface area contributed by atoms with Crippen LogP contribution in [0.2, 0.25) is 0 Å². The highest BCUT2D eigenvalue weighted by Gasteiger charge is 2.61. The number of hydrogen-bond donors (Lipinski definition) is 3. The average Bonchev–Trinajstić information content (AvgIpc) is 3.81. The normalized spacial score (nSPS) is 22.6. The first-order valence-electron chi connectivity index (χ1n) is 25.0. The molecule has 74 heavy (non-hydrogen) atoms. The Bertz CT molecular complexity index is 3230. The molecular formula is C62H53NO11. The van der Waals surface area contributed by atoms with Crippen molar-refractivity contribution in [3.05, 3.63) is 214 Å². The van der Waals surface area contributed by atoms with Gasteiger partial charge in [-0.15, -0.1) is 0 Å². The number of para-hydroxylation sites is 2. The number of hydrogen-bond acceptors (Lipinski definition) is 9. The first-order valence-corrected chi connectivity index (χ1v) is 25.0. The van der Waals surface area contributed by atoms with Crippen LogP contribution >= 0.6 is 0 Å². The van der Waals surface area contributed by atoms with Gasteiger partial charge in [-0.1, -0.05) is 133 Å². The van der Waals surface area contributed by atoms with E-state index in [4.69, 9.17) is 18.9 Å². The van der Waals surface area contributed by atoms with E-state index in [1.54, 1.807) is 42.5 Å². The molecular weight excluding hydrogens is 935 g/mol. The number of carbonyl (C=O) groups is 5. The maximum Gasteiger partial charge on any atom is 0.315 e. The SMILES string of the molecule is COc1ccccc1[C@H]1C(C(=O)O)C(c2ccccc2OCc2ccc(OC(=O)[C@H]3[C@@H](c4ccccc4)[C@@H](C(=O)O)[C@@H]3c3ccccc3)cc2-c2ccc3c(c2)CCC(=O)N3)C1C(=O)OC1Cc2ccccc2C1. The quantitative estimate of drug-likeness (QED) is 0.0659. The lowest BCUT2D eigenvalue weighted by Gasteiger charge is -2.49. The van der Waals surface area contributed by atoms with E-state index in [0.29, 0.717) is 65.1 Å². The van der Waals surface area contributed by atoms with E-state index in [-0.39, 0.29) is 18.3 Å². The van der Waals surface area contributed by atoms with Crippen LogP contribution in [0.5, 0.6) is 17.2 Å². The van der Waals surface area contributed by atoms with Crippen molar-refractivity contribution in [1.29, 1.82) is 0 Å². The molecule has 3 aliphatic carbocycles. The summed E-state index contributed by atoms with van der Waals surface area (Å²) in [4.78, 5) is 68.1. The van der Waals surface area contributed by atoms with Gasteiger partial charge in [0.05, 0.1) is 30.8 Å². The highest BCUT2D eigenvalue weighted by atomic mass is 16.5. The van der Waals surface area contributed by atoms with E-state index in [9.17, 15) is 34.2 Å². The molecule has 2 saturated carbocycles. The van der Waals surface area contributed by atoms with Crippen molar-refractivity contribution in [2.45, 2.75) is 62.1 Å². The van der Waals surface area contributed by atoms with Crippen molar-refractivity contribution in [3.63, 3.8) is 0 Å². The van der Waals surface area contributed by atoms with Crippen LogP contribution in [0, 0.1) is 23.7 Å². The topological polar surface area (TPSA) is 175 Å². The van der Waals surface area contributed by atoms with Crippen molar-refractivity contribution in [2.75, 3.05) is 12.4 Å². The minimum absolute atomic E-state index is 0.0146. The van der Waals surface area contributed by atoms with Gasteiger partial charge in [0.2, 0.25) is 5.91 Å². The van der Waals surface area contributed by atoms with Gasteiger partial charge in [-0.05, 0) is 98.5 Å². The fraction of sp³-hybridized carbons (Fsp3) is 0.242. The second-order valence-electron chi connectivity index (χ2n) is 19.7. The third-order valence-corrected chi connectivity index (χ3v) is 15.6. The van der Waals surface area contributed by atoms with Crippen LogP contribution < -0.4 is 19.5 Å². The highest BCUT2D eigenvalue weighted by molar-refractivity contribution is 5.94. The average molecular weight is 988 g/mol. The van der Waals surface area contributed by atoms with Crippen LogP contribution in [0.4, 0.5) is 5.69 Å². The Morgan fingerprint density at radius 3 is 1.73 bits per heavy atom. The maximum atomic E-state index is 14.7. The van der Waals surface area contributed by atoms with Gasteiger partial charge in [0, 0.05) is 48.6 Å². The van der Waals surface area contributed by atoms with Crippen LogP contribution in [0.25, 0.3) is 11.1 Å². The number of nitrogens with one attached hydrogen (secondary N) is 1. The van der Waals surface area contributed by atoms with Crippen LogP contribution in [-0.4, -0.2) is 53.2 Å². The molecule has 4 aliphatic rings. The molecule has 12 heteroatoms. The molecule has 0 bridgehead atoms. The number of benzene rings is 7. The number of aryl methyl sites for hydroxylation is 1. The summed E-state index contributed by atoms with van der Waals surface area (Å²) in [6, 6.07) is 51.8. The zero-order valence-electron chi connectivity index (χ0n) is 40.5. The van der Waals surface area contributed by atoms with E-state index in [2.05, 4.69) is 5.32 Å². The Labute approximate surface area is 427 Å². The number of anilines is 1. The predicted octanol–water partition coefficient (Wildman–Crippen LogP) is 10.5. The summed E-state index contributed by atoms with van der Waals surface area (Å²) in [6.45, 7) is -0.0146. The second kappa shape index (κ2) is 20.2. The van der Waals surface area contributed by atoms with E-state index >= 15 is 0 Å². The van der Waals surface area contributed by atoms with Gasteiger partial charge in [-0.2, -0.15) is 0 Å². The molecule has 1 amide bonds. The molecule has 2 fully saturated rings. The first-order chi connectivity index (χ1) is 36.1. The Morgan fingerprint density at radius 2 is 1.11 bits per heavy atom. The fourth-order valence-electron chi connectivity index (χ4n) is 12.2. The standard InChI is InChI=1S/C62H53NO11/c1-71-48-22-12-10-20-44(48)53-56(60(67)68)54(58(53)62(70)74-43-31-37-18-8-9-19-38(37)32-43)45-21-11-13-23-49(45)72-34-41-24-27-42(33-46(41)39-25-28-47-40(30-39)26-29-50(64)63-47)73-61(69)57-51(35-14-4-2-5-15-35)55(59(65)66)52(57)36-16-6-3-7-17-36/h2-25,27-28,30,33,43,51-58H,26,29,31-32,34H2,1H3,(H,63,64)(H,65,66)(H,67,68)/t51-,52-,53-,54?,55-,56?,57+,58?/m0/s1. The number of carboxylic acids is 2. The summed E-state index contributed by atoms with van der Waals surface area (Å²) in [5, 5.41) is 24.5. The van der Waals surface area contributed by atoms with Gasteiger partial charge in [0.15, 0.2) is 0 Å². The van der Waals surface area contributed by atoms with Crippen molar-refractivity contribution in [1.82, 2.24) is 0 Å². The summed E-state index contributed by atoms with van der Waals surface area (Å²) in [5.41, 5.74) is 8.63. The molecule has 3 unspecified atom stereocenters. The van der Waals surface area contributed by atoms with Gasteiger partial charge >= 0.3 is 23.9 Å². The lowest BCUT2D eigenvalue weighted by Crippen LogP contribution is -2.52. The Morgan fingerprint density at radius 1 is 0.554 bits per heavy atom. The van der Waals surface area contributed by atoms with E-state index < -0.39 is 77.3 Å². The van der Waals surface area contributed by atoms with E-state index in [0.717, 1.165) is 33.4 Å². The minimum atomic E-state index is -1.07. The Balaban J connectivity index is 0.925. The first kappa shape index (κ1) is 47.8. The third kappa shape index (κ3) is 8.94. The van der Waals surface area contributed by atoms with Gasteiger partial charge in [0.1, 0.15) is 30.0 Å². The number of rotatable bonds is 15. The van der Waals surface area contributed by atoms with Gasteiger partial charge in [-0.3, -0.25) is 24.0 Å². The molecule has 6 atom stereocenters. The minimum Gasteiger partial charge on any atom is -0.496 e. The summed E-state index contributed by atoms with van der Waals surface area (Å²) in [6.07, 6.45) is 1.57. The largest absolute Gasteiger partial charge is 0.496 e. The molecule has 372 valence electrons. The van der Waals surface area contributed by atoms with Crippen LogP contribution in [0.1, 0.15) is 74.6 Å². The highest BCUT2D eigenvalue weighted by Crippen LogP contribution is 2.61. The summed E-state index contributed by atoms with van der Waals surface area (Å²) < 4.78 is 25.1. The molecule has 1 aliphatic heterocycles. The molecule has 7 aromatic rings. The molecule has 7 aromatic carbocycles. The number of esters is 2. The van der Waals surface area contributed by atoms with Crippen molar-refractivity contribution in [3.8, 4) is 28.4 Å². The predicted molar refractivity (Wildman–Crippen MR) is 275 cm³/mol. The number of fused-ring (bicyclic) bond motifs is 2. The number of carboxylic acid groups (broad SMARTS) is 2. The third-order valence-electron chi connectivity index (χ3n) is 15.6. The van der Waals surface area contributed by atoms with E-state index in [1.165, 1.54) is 7.11 Å². The second-order valence-corrected chi connectivity index (χ2v) is 19.7. The molecule has 0 aromatic heterocycles. The molecule has 1 heterocycles. The summed E-state index contributed by atoms with van der Waals surface area (Å²) in [7, 11) is 1.52. The van der Waals surface area contributed by atoms with Gasteiger partial charge in [-0.25, -0.2) is 0 Å². The fourth-order valence-corrected chi connectivity index (χ4v) is 12.2. The molecule has 0 spiro atoms.